The maximum atomic E-state index is 11.6. The highest BCUT2D eigenvalue weighted by Gasteiger charge is 2.62. The van der Waals surface area contributed by atoms with Crippen molar-refractivity contribution in [2.45, 2.75) is 19.0 Å². The van der Waals surface area contributed by atoms with Crippen LogP contribution in [0.2, 0.25) is 0 Å². The molecule has 6 rings (SSSR count). The summed E-state index contributed by atoms with van der Waals surface area (Å²) in [6, 6.07) is 60.0. The zero-order chi connectivity index (χ0) is 39.6. The first-order valence-corrected chi connectivity index (χ1v) is 19.1. The molecule has 2 atom stereocenters. The average molecular weight is 811 g/mol. The van der Waals surface area contributed by atoms with Crippen LogP contribution < -0.4 is 21.2 Å². The average Bonchev–Trinajstić information content (AvgIpc) is 3.13. The van der Waals surface area contributed by atoms with E-state index in [4.69, 9.17) is 9.79 Å². The zero-order valence-electron chi connectivity index (χ0n) is 27.9. The molecule has 54 heavy (non-hydrogen) atoms. The van der Waals surface area contributed by atoms with Gasteiger partial charge in [-0.15, -0.1) is 0 Å². The summed E-state index contributed by atoms with van der Waals surface area (Å²) in [5.41, 5.74) is 5.11. The molecule has 0 saturated carbocycles. The third-order valence-electron chi connectivity index (χ3n) is 6.67. The maximum Gasteiger partial charge on any atom is 0.483 e. The molecule has 0 saturated heterocycles. The third-order valence-corrected chi connectivity index (χ3v) is 9.63. The van der Waals surface area contributed by atoms with Crippen LogP contribution in [0.3, 0.4) is 0 Å². The molecule has 6 aromatic rings. The van der Waals surface area contributed by atoms with Crippen LogP contribution in [0.4, 0.5) is 35.1 Å². The minimum Gasteiger partial charge on any atom is -0.303 e. The van der Waals surface area contributed by atoms with Crippen LogP contribution in [0, 0.1) is 0 Å². The van der Waals surface area contributed by atoms with Gasteiger partial charge in [-0.2, -0.15) is 35.1 Å². The van der Waals surface area contributed by atoms with Crippen LogP contribution in [0.1, 0.15) is 0 Å². The van der Waals surface area contributed by atoms with E-state index < -0.39 is 26.8 Å². The standard InChI is InChI=1S/2C18H15P.C2H2F5O4P.CHF3/c2*1-3-7-15(8-4-1)16-11-13-18(14-12-16)19-17-9-5-2-6-10-17;3-1(4,5)2(6,7)11-12(8,9)10;2-1(3)4/h2*1-14,19H;(H2,8,9,10);1H. The molecule has 0 aliphatic carbocycles. The van der Waals surface area contributed by atoms with Gasteiger partial charge in [-0.05, 0) is 43.5 Å². The molecule has 0 spiro atoms. The summed E-state index contributed by atoms with van der Waals surface area (Å²) in [5, 5.41) is 5.53. The number of hydrogen-bond acceptors (Lipinski definition) is 2. The molecule has 0 fully saturated rings. The Morgan fingerprint density at radius 3 is 0.926 bits per heavy atom. The quantitative estimate of drug-likeness (QED) is 0.119. The first-order chi connectivity index (χ1) is 25.5. The highest BCUT2D eigenvalue weighted by atomic mass is 31.2. The van der Waals surface area contributed by atoms with Crippen LogP contribution in [0.5, 0.6) is 0 Å². The molecule has 6 aromatic carbocycles. The topological polar surface area (TPSA) is 66.8 Å². The second kappa shape index (κ2) is 21.6. The number of hydrogen-bond donors (Lipinski definition) is 2. The van der Waals surface area contributed by atoms with Crippen molar-refractivity contribution in [1.29, 1.82) is 0 Å². The Balaban J connectivity index is 0.000000213. The van der Waals surface area contributed by atoms with Gasteiger partial charge in [0, 0.05) is 0 Å². The van der Waals surface area contributed by atoms with Gasteiger partial charge < -0.3 is 9.79 Å². The predicted octanol–water partition coefficient (Wildman–Crippen LogP) is 10.4. The van der Waals surface area contributed by atoms with E-state index >= 15 is 0 Å². The fourth-order valence-electron chi connectivity index (χ4n) is 4.33. The molecule has 0 radical (unpaired) electrons. The van der Waals surface area contributed by atoms with Gasteiger partial charge in [-0.25, -0.2) is 9.09 Å². The van der Waals surface area contributed by atoms with Crippen LogP contribution in [-0.4, -0.2) is 28.8 Å². The Bertz CT molecular complexity index is 1840. The van der Waals surface area contributed by atoms with E-state index in [-0.39, 0.29) is 0 Å². The summed E-state index contributed by atoms with van der Waals surface area (Å²) in [6.07, 6.45) is -12.0. The molecule has 0 aliphatic rings. The van der Waals surface area contributed by atoms with E-state index in [2.05, 4.69) is 174 Å². The smallest absolute Gasteiger partial charge is 0.303 e. The van der Waals surface area contributed by atoms with Gasteiger partial charge in [-0.3, -0.25) is 0 Å². The minimum atomic E-state index is -6.14. The lowest BCUT2D eigenvalue weighted by Gasteiger charge is -2.18. The molecule has 0 bridgehead atoms. The molecular formula is C39H33F8O4P3. The Kier molecular flexibility index (Phi) is 17.6. The first kappa shape index (κ1) is 44.1. The lowest BCUT2D eigenvalue weighted by atomic mass is 10.1. The first-order valence-electron chi connectivity index (χ1n) is 15.6. The summed E-state index contributed by atoms with van der Waals surface area (Å²) < 4.78 is 97.4. The second-order valence-corrected chi connectivity index (χ2v) is 14.7. The van der Waals surface area contributed by atoms with Crippen LogP contribution in [0.15, 0.2) is 170 Å². The summed E-state index contributed by atoms with van der Waals surface area (Å²) in [7, 11) is -4.39. The fourth-order valence-corrected chi connectivity index (χ4v) is 6.78. The molecular weight excluding hydrogens is 777 g/mol. The maximum absolute atomic E-state index is 11.6. The van der Waals surface area contributed by atoms with Gasteiger partial charge >= 0.3 is 26.8 Å². The van der Waals surface area contributed by atoms with Crippen molar-refractivity contribution in [3.63, 3.8) is 0 Å². The number of benzene rings is 6. The van der Waals surface area contributed by atoms with E-state index in [0.29, 0.717) is 0 Å². The summed E-state index contributed by atoms with van der Waals surface area (Å²) in [5.74, 6) is 0. The van der Waals surface area contributed by atoms with Gasteiger partial charge in [-0.1, -0.05) is 187 Å². The van der Waals surface area contributed by atoms with E-state index in [1.165, 1.54) is 43.5 Å². The highest BCUT2D eigenvalue weighted by Crippen LogP contribution is 2.49. The highest BCUT2D eigenvalue weighted by molar-refractivity contribution is 7.55. The van der Waals surface area contributed by atoms with Crippen molar-refractivity contribution < 1.29 is 54.0 Å². The van der Waals surface area contributed by atoms with Crippen molar-refractivity contribution in [3.8, 4) is 22.3 Å². The van der Waals surface area contributed by atoms with E-state index in [1.807, 2.05) is 0 Å². The largest absolute Gasteiger partial charge is 0.483 e. The SMILES string of the molecule is FC(F)F.O=P(O)(O)OC(F)(F)C(F)(F)F.c1ccc(Pc2ccc(-c3ccccc3)cc2)cc1.c1ccc(Pc2ccc(-c3ccccc3)cc2)cc1. The molecule has 15 heteroatoms. The van der Waals surface area contributed by atoms with Crippen molar-refractivity contribution in [3.05, 3.63) is 170 Å². The Hall–Kier alpha value is -4.27. The number of alkyl halides is 8. The van der Waals surface area contributed by atoms with Crippen LogP contribution in [-0.2, 0) is 9.09 Å². The van der Waals surface area contributed by atoms with Crippen molar-refractivity contribution in [2.75, 3.05) is 0 Å². The number of rotatable bonds is 8. The monoisotopic (exact) mass is 810 g/mol. The second-order valence-electron chi connectivity index (χ2n) is 10.7. The summed E-state index contributed by atoms with van der Waals surface area (Å²) in [4.78, 5) is 15.3. The van der Waals surface area contributed by atoms with Gasteiger partial charge in [0.25, 0.3) is 0 Å². The molecule has 0 heterocycles. The molecule has 4 nitrogen and oxygen atoms in total. The van der Waals surface area contributed by atoms with Crippen LogP contribution >= 0.6 is 25.0 Å². The summed E-state index contributed by atoms with van der Waals surface area (Å²) in [6.45, 7) is -3.67. The molecule has 0 aliphatic heterocycles. The normalized spacial score (nSPS) is 11.7. The summed E-state index contributed by atoms with van der Waals surface area (Å²) >= 11 is 0. The Morgan fingerprint density at radius 1 is 0.444 bits per heavy atom. The lowest BCUT2D eigenvalue weighted by molar-refractivity contribution is -0.364. The van der Waals surface area contributed by atoms with E-state index in [9.17, 15) is 39.7 Å². The molecule has 2 N–H and O–H groups in total. The molecule has 2 unspecified atom stereocenters. The van der Waals surface area contributed by atoms with Crippen LogP contribution in [0.25, 0.3) is 22.3 Å². The van der Waals surface area contributed by atoms with E-state index in [0.717, 1.165) is 17.2 Å². The Labute approximate surface area is 310 Å². The molecule has 284 valence electrons. The van der Waals surface area contributed by atoms with E-state index in [1.54, 1.807) is 0 Å². The van der Waals surface area contributed by atoms with Gasteiger partial charge in [0.15, 0.2) is 0 Å². The lowest BCUT2D eigenvalue weighted by Crippen LogP contribution is -2.38. The molecule has 0 aromatic heterocycles. The molecule has 0 amide bonds. The predicted molar refractivity (Wildman–Crippen MR) is 203 cm³/mol. The fraction of sp³-hybridized carbons (Fsp3) is 0.0769. The number of halogens is 8. The van der Waals surface area contributed by atoms with Crippen molar-refractivity contribution in [2.24, 2.45) is 0 Å². The number of phosphoric acid groups is 1. The third kappa shape index (κ3) is 16.8. The van der Waals surface area contributed by atoms with Gasteiger partial charge in [0.1, 0.15) is 0 Å². The minimum absolute atomic E-state index is 0.731. The number of phosphoric ester groups is 1. The van der Waals surface area contributed by atoms with Gasteiger partial charge in [0.05, 0.1) is 0 Å². The van der Waals surface area contributed by atoms with Crippen molar-refractivity contribution >= 4 is 46.2 Å². The van der Waals surface area contributed by atoms with Gasteiger partial charge in [0.2, 0.25) is 0 Å². The Morgan fingerprint density at radius 2 is 0.685 bits per heavy atom. The zero-order valence-corrected chi connectivity index (χ0v) is 30.8. The van der Waals surface area contributed by atoms with Crippen molar-refractivity contribution in [1.82, 2.24) is 0 Å².